The van der Waals surface area contributed by atoms with Gasteiger partial charge < -0.3 is 5.32 Å². The summed E-state index contributed by atoms with van der Waals surface area (Å²) < 4.78 is 38.6. The highest BCUT2D eigenvalue weighted by Gasteiger charge is 2.23. The van der Waals surface area contributed by atoms with Crippen molar-refractivity contribution < 1.29 is 17.6 Å². The molecular formula is C19H23FN2O3S2. The molecule has 8 heteroatoms. The van der Waals surface area contributed by atoms with Crippen molar-refractivity contribution in [1.82, 2.24) is 5.32 Å². The van der Waals surface area contributed by atoms with Crippen molar-refractivity contribution in [2.75, 3.05) is 29.4 Å². The van der Waals surface area contributed by atoms with E-state index in [1.165, 1.54) is 29.3 Å². The molecule has 1 amide bonds. The summed E-state index contributed by atoms with van der Waals surface area (Å²) in [6.07, 6.45) is 0.949. The van der Waals surface area contributed by atoms with Crippen molar-refractivity contribution in [2.45, 2.75) is 12.7 Å². The number of aryl methyl sites for hydroxylation is 1. The van der Waals surface area contributed by atoms with Crippen LogP contribution in [0, 0.1) is 12.7 Å². The fourth-order valence-corrected chi connectivity index (χ4v) is 4.14. The van der Waals surface area contributed by atoms with Gasteiger partial charge in [-0.2, -0.15) is 11.8 Å². The number of sulfonamides is 1. The van der Waals surface area contributed by atoms with Crippen LogP contribution < -0.4 is 9.62 Å². The normalized spacial score (nSPS) is 11.2. The van der Waals surface area contributed by atoms with Gasteiger partial charge in [-0.1, -0.05) is 42.0 Å². The van der Waals surface area contributed by atoms with Crippen LogP contribution in [-0.2, 0) is 20.6 Å². The van der Waals surface area contributed by atoms with Crippen molar-refractivity contribution in [3.8, 4) is 0 Å². The highest BCUT2D eigenvalue weighted by Crippen LogP contribution is 2.21. The molecule has 0 unspecified atom stereocenters. The smallest absolute Gasteiger partial charge is 0.240 e. The Bertz CT molecular complexity index is 888. The third kappa shape index (κ3) is 6.88. The largest absolute Gasteiger partial charge is 0.354 e. The van der Waals surface area contributed by atoms with Gasteiger partial charge in [-0.25, -0.2) is 12.8 Å². The third-order valence-corrected chi connectivity index (χ3v) is 5.89. The van der Waals surface area contributed by atoms with Crippen LogP contribution in [0.1, 0.15) is 11.1 Å². The van der Waals surface area contributed by atoms with Gasteiger partial charge in [-0.05, 0) is 24.6 Å². The van der Waals surface area contributed by atoms with Crippen molar-refractivity contribution in [2.24, 2.45) is 0 Å². The Kier molecular flexibility index (Phi) is 7.67. The maximum Gasteiger partial charge on any atom is 0.240 e. The van der Waals surface area contributed by atoms with Crippen LogP contribution >= 0.6 is 11.8 Å². The summed E-state index contributed by atoms with van der Waals surface area (Å²) >= 11 is 1.67. The van der Waals surface area contributed by atoms with E-state index >= 15 is 0 Å². The van der Waals surface area contributed by atoms with Gasteiger partial charge in [0.15, 0.2) is 0 Å². The van der Waals surface area contributed by atoms with E-state index in [1.807, 2.05) is 19.1 Å². The second kappa shape index (κ2) is 9.75. The summed E-state index contributed by atoms with van der Waals surface area (Å²) in [5, 5.41) is 2.68. The minimum Gasteiger partial charge on any atom is -0.354 e. The minimum absolute atomic E-state index is 0.135. The summed E-state index contributed by atoms with van der Waals surface area (Å²) in [7, 11) is -3.78. The maximum atomic E-state index is 13.9. The molecule has 2 aromatic rings. The van der Waals surface area contributed by atoms with Crippen LogP contribution in [0.15, 0.2) is 48.5 Å². The Hall–Kier alpha value is -2.06. The second-order valence-corrected chi connectivity index (χ2v) is 9.12. The van der Waals surface area contributed by atoms with Crippen LogP contribution in [0.25, 0.3) is 0 Å². The minimum atomic E-state index is -3.78. The molecule has 0 fully saturated rings. The van der Waals surface area contributed by atoms with Gasteiger partial charge in [0.05, 0.1) is 11.9 Å². The number of benzene rings is 2. The topological polar surface area (TPSA) is 66.5 Å². The molecule has 0 atom stereocenters. The lowest BCUT2D eigenvalue weighted by Crippen LogP contribution is -2.41. The van der Waals surface area contributed by atoms with Crippen LogP contribution in [0.5, 0.6) is 0 Å². The molecule has 0 aliphatic heterocycles. The van der Waals surface area contributed by atoms with E-state index in [0.717, 1.165) is 22.4 Å². The summed E-state index contributed by atoms with van der Waals surface area (Å²) in [5.74, 6) is 0.366. The number of para-hydroxylation sites is 1. The molecule has 0 saturated carbocycles. The van der Waals surface area contributed by atoms with Gasteiger partial charge in [0, 0.05) is 18.1 Å². The predicted octanol–water partition coefficient (Wildman–Crippen LogP) is 2.95. The first-order valence-electron chi connectivity index (χ1n) is 8.39. The van der Waals surface area contributed by atoms with Crippen molar-refractivity contribution in [1.29, 1.82) is 0 Å². The molecule has 0 radical (unpaired) electrons. The van der Waals surface area contributed by atoms with Crippen LogP contribution in [-0.4, -0.2) is 39.4 Å². The number of nitrogens with zero attached hydrogens (tertiary/aromatic N) is 1. The quantitative estimate of drug-likeness (QED) is 0.646. The zero-order valence-corrected chi connectivity index (χ0v) is 16.9. The van der Waals surface area contributed by atoms with Crippen molar-refractivity contribution >= 4 is 33.4 Å². The SMILES string of the molecule is Cc1cccc(CSCCNC(=O)CN(c2ccccc2F)S(C)(=O)=O)c1. The fraction of sp³-hybridized carbons (Fsp3) is 0.316. The second-order valence-electron chi connectivity index (χ2n) is 6.11. The first-order chi connectivity index (χ1) is 12.8. The fourth-order valence-electron chi connectivity index (χ4n) is 2.48. The van der Waals surface area contributed by atoms with Crippen molar-refractivity contribution in [3.05, 3.63) is 65.5 Å². The van der Waals surface area contributed by atoms with Gasteiger partial charge in [-0.15, -0.1) is 0 Å². The molecule has 146 valence electrons. The van der Waals surface area contributed by atoms with Gasteiger partial charge >= 0.3 is 0 Å². The van der Waals surface area contributed by atoms with E-state index in [0.29, 0.717) is 12.3 Å². The standard InChI is InChI=1S/C19H23FN2O3S2/c1-15-6-5-7-16(12-15)14-26-11-10-21-19(23)13-22(27(2,24)25)18-9-4-3-8-17(18)20/h3-9,12H,10-11,13-14H2,1-2H3,(H,21,23). The first kappa shape index (κ1) is 21.2. The highest BCUT2D eigenvalue weighted by atomic mass is 32.2. The molecule has 5 nitrogen and oxygen atoms in total. The lowest BCUT2D eigenvalue weighted by Gasteiger charge is -2.22. The average Bonchev–Trinajstić information content (AvgIpc) is 2.59. The van der Waals surface area contributed by atoms with Gasteiger partial charge in [0.25, 0.3) is 0 Å². The molecule has 0 heterocycles. The first-order valence-corrected chi connectivity index (χ1v) is 11.4. The molecule has 2 rings (SSSR count). The summed E-state index contributed by atoms with van der Waals surface area (Å²) in [6, 6.07) is 13.7. The van der Waals surface area contributed by atoms with E-state index in [-0.39, 0.29) is 5.69 Å². The Balaban J connectivity index is 1.83. The van der Waals surface area contributed by atoms with Crippen molar-refractivity contribution in [3.63, 3.8) is 0 Å². The molecular weight excluding hydrogens is 387 g/mol. The molecule has 0 aromatic heterocycles. The molecule has 0 aliphatic carbocycles. The molecule has 1 N–H and O–H groups in total. The number of nitrogens with one attached hydrogen (secondary N) is 1. The monoisotopic (exact) mass is 410 g/mol. The van der Waals surface area contributed by atoms with Crippen LogP contribution in [0.4, 0.5) is 10.1 Å². The number of amides is 1. The van der Waals surface area contributed by atoms with Crippen LogP contribution in [0.2, 0.25) is 0 Å². The number of hydrogen-bond acceptors (Lipinski definition) is 4. The Morgan fingerprint density at radius 3 is 2.59 bits per heavy atom. The van der Waals surface area contributed by atoms with E-state index < -0.39 is 28.3 Å². The summed E-state index contributed by atoms with van der Waals surface area (Å²) in [5.41, 5.74) is 2.29. The molecule has 0 saturated heterocycles. The number of carbonyl (C=O) groups is 1. The van der Waals surface area contributed by atoms with E-state index in [2.05, 4.69) is 17.4 Å². The Morgan fingerprint density at radius 1 is 1.19 bits per heavy atom. The number of rotatable bonds is 9. The van der Waals surface area contributed by atoms with Gasteiger partial charge in [0.1, 0.15) is 12.4 Å². The number of thioether (sulfide) groups is 1. The summed E-state index contributed by atoms with van der Waals surface area (Å²) in [6.45, 7) is 1.99. The lowest BCUT2D eigenvalue weighted by atomic mass is 10.2. The van der Waals surface area contributed by atoms with Crippen LogP contribution in [0.3, 0.4) is 0 Å². The van der Waals surface area contributed by atoms with E-state index in [4.69, 9.17) is 0 Å². The highest BCUT2D eigenvalue weighted by molar-refractivity contribution is 7.98. The molecule has 27 heavy (non-hydrogen) atoms. The third-order valence-electron chi connectivity index (χ3n) is 3.73. The zero-order chi connectivity index (χ0) is 19.9. The summed E-state index contributed by atoms with van der Waals surface area (Å²) in [4.78, 5) is 12.1. The van der Waals surface area contributed by atoms with E-state index in [9.17, 15) is 17.6 Å². The number of anilines is 1. The van der Waals surface area contributed by atoms with Gasteiger partial charge in [0.2, 0.25) is 15.9 Å². The average molecular weight is 411 g/mol. The number of hydrogen-bond donors (Lipinski definition) is 1. The number of halogens is 1. The predicted molar refractivity (Wildman–Crippen MR) is 109 cm³/mol. The molecule has 2 aromatic carbocycles. The number of carbonyl (C=O) groups excluding carboxylic acids is 1. The molecule has 0 bridgehead atoms. The Morgan fingerprint density at radius 2 is 1.93 bits per heavy atom. The Labute approximate surface area is 164 Å². The molecule has 0 spiro atoms. The van der Waals surface area contributed by atoms with Gasteiger partial charge in [-0.3, -0.25) is 9.10 Å². The molecule has 0 aliphatic rings. The maximum absolute atomic E-state index is 13.9. The van der Waals surface area contributed by atoms with E-state index in [1.54, 1.807) is 11.8 Å². The lowest BCUT2D eigenvalue weighted by molar-refractivity contribution is -0.119. The zero-order valence-electron chi connectivity index (χ0n) is 15.3.